The van der Waals surface area contributed by atoms with E-state index in [0.29, 0.717) is 12.2 Å². The van der Waals surface area contributed by atoms with E-state index in [-0.39, 0.29) is 5.91 Å². The summed E-state index contributed by atoms with van der Waals surface area (Å²) in [5.41, 5.74) is 0.204. The molecule has 1 aromatic rings. The van der Waals surface area contributed by atoms with E-state index in [1.807, 2.05) is 6.07 Å². The van der Waals surface area contributed by atoms with Crippen LogP contribution in [-0.2, 0) is 11.2 Å². The number of nitrogens with one attached hydrogen (secondary N) is 1. The second-order valence-electron chi connectivity index (χ2n) is 5.54. The first kappa shape index (κ1) is 13.3. The molecule has 6 heteroatoms. The minimum Gasteiger partial charge on any atom is -0.465 e. The standard InChI is InChI=1S/C13H17N3O3/c1-13(2,3)16(12(18)19)9-7-8-5-4-6-14-10(8)15-11(9)17/h4-6,9H,7H2,1-3H3,(H,18,19)(H,14,15,17). The lowest BCUT2D eigenvalue weighted by molar-refractivity contribution is -0.122. The van der Waals surface area contributed by atoms with E-state index in [1.165, 1.54) is 4.90 Å². The lowest BCUT2D eigenvalue weighted by Gasteiger charge is -2.40. The van der Waals surface area contributed by atoms with E-state index >= 15 is 0 Å². The fourth-order valence-electron chi connectivity index (χ4n) is 2.31. The SMILES string of the molecule is CC(C)(C)N(C(=O)O)C1Cc2cccnc2NC1=O. The van der Waals surface area contributed by atoms with Crippen molar-refractivity contribution in [1.29, 1.82) is 0 Å². The Morgan fingerprint density at radius 1 is 1.53 bits per heavy atom. The Hall–Kier alpha value is -2.11. The van der Waals surface area contributed by atoms with Crippen LogP contribution < -0.4 is 5.32 Å². The van der Waals surface area contributed by atoms with Crippen LogP contribution in [0.2, 0.25) is 0 Å². The number of fused-ring (bicyclic) bond motifs is 1. The molecule has 2 heterocycles. The Bertz CT molecular complexity index is 522. The lowest BCUT2D eigenvalue weighted by atomic mass is 9.96. The highest BCUT2D eigenvalue weighted by atomic mass is 16.4. The summed E-state index contributed by atoms with van der Waals surface area (Å²) in [5, 5.41) is 12.0. The number of anilines is 1. The molecule has 2 rings (SSSR count). The van der Waals surface area contributed by atoms with Crippen molar-refractivity contribution in [1.82, 2.24) is 9.88 Å². The predicted molar refractivity (Wildman–Crippen MR) is 70.0 cm³/mol. The Balaban J connectivity index is 2.36. The monoisotopic (exact) mass is 263 g/mol. The molecular weight excluding hydrogens is 246 g/mol. The van der Waals surface area contributed by atoms with Crippen LogP contribution in [0.1, 0.15) is 26.3 Å². The quantitative estimate of drug-likeness (QED) is 0.808. The second-order valence-corrected chi connectivity index (χ2v) is 5.54. The molecule has 0 aliphatic carbocycles. The second kappa shape index (κ2) is 4.53. The van der Waals surface area contributed by atoms with Gasteiger partial charge in [0.05, 0.1) is 0 Å². The van der Waals surface area contributed by atoms with Crippen LogP contribution in [-0.4, -0.2) is 38.6 Å². The molecule has 0 saturated heterocycles. The Morgan fingerprint density at radius 3 is 2.79 bits per heavy atom. The van der Waals surface area contributed by atoms with Gasteiger partial charge in [-0.15, -0.1) is 0 Å². The average molecular weight is 263 g/mol. The van der Waals surface area contributed by atoms with Gasteiger partial charge in [-0.05, 0) is 32.4 Å². The molecule has 102 valence electrons. The summed E-state index contributed by atoms with van der Waals surface area (Å²) in [7, 11) is 0. The van der Waals surface area contributed by atoms with Gasteiger partial charge in [-0.25, -0.2) is 9.78 Å². The molecule has 1 unspecified atom stereocenters. The van der Waals surface area contributed by atoms with Crippen molar-refractivity contribution < 1.29 is 14.7 Å². The summed E-state index contributed by atoms with van der Waals surface area (Å²) in [6.07, 6.45) is 0.844. The first-order valence-corrected chi connectivity index (χ1v) is 6.07. The van der Waals surface area contributed by atoms with E-state index in [2.05, 4.69) is 10.3 Å². The first-order chi connectivity index (χ1) is 8.80. The zero-order valence-corrected chi connectivity index (χ0v) is 11.2. The Kier molecular flexibility index (Phi) is 3.18. The fraction of sp³-hybridized carbons (Fsp3) is 0.462. The number of carbonyl (C=O) groups excluding carboxylic acids is 1. The molecule has 1 atom stereocenters. The molecule has 0 radical (unpaired) electrons. The van der Waals surface area contributed by atoms with Crippen LogP contribution in [0.25, 0.3) is 0 Å². The smallest absolute Gasteiger partial charge is 0.408 e. The van der Waals surface area contributed by atoms with E-state index in [4.69, 9.17) is 0 Å². The van der Waals surface area contributed by atoms with Gasteiger partial charge >= 0.3 is 6.09 Å². The van der Waals surface area contributed by atoms with Crippen LogP contribution in [0.5, 0.6) is 0 Å². The highest BCUT2D eigenvalue weighted by molar-refractivity contribution is 5.98. The molecule has 0 saturated carbocycles. The predicted octanol–water partition coefficient (Wildman–Crippen LogP) is 1.72. The maximum atomic E-state index is 12.1. The van der Waals surface area contributed by atoms with E-state index in [1.54, 1.807) is 33.0 Å². The zero-order valence-electron chi connectivity index (χ0n) is 11.2. The normalized spacial score (nSPS) is 18.5. The maximum Gasteiger partial charge on any atom is 0.408 e. The number of hydrogen-bond donors (Lipinski definition) is 2. The molecule has 0 fully saturated rings. The zero-order chi connectivity index (χ0) is 14.2. The summed E-state index contributed by atoms with van der Waals surface area (Å²) in [5.74, 6) is 0.187. The number of pyridine rings is 1. The van der Waals surface area contributed by atoms with Crippen molar-refractivity contribution in [3.8, 4) is 0 Å². The van der Waals surface area contributed by atoms with E-state index in [0.717, 1.165) is 5.56 Å². The molecule has 0 bridgehead atoms. The molecule has 1 aliphatic rings. The Morgan fingerprint density at radius 2 is 2.21 bits per heavy atom. The summed E-state index contributed by atoms with van der Waals surface area (Å²) in [6, 6.07) is 2.89. The van der Waals surface area contributed by atoms with Gasteiger partial charge < -0.3 is 10.4 Å². The summed E-state index contributed by atoms with van der Waals surface area (Å²) in [4.78, 5) is 28.8. The third-order valence-electron chi connectivity index (χ3n) is 3.09. The van der Waals surface area contributed by atoms with Crippen LogP contribution in [0.15, 0.2) is 18.3 Å². The van der Waals surface area contributed by atoms with Gasteiger partial charge in [0.25, 0.3) is 0 Å². The Labute approximate surface area is 111 Å². The molecular formula is C13H17N3O3. The fourth-order valence-corrected chi connectivity index (χ4v) is 2.31. The lowest BCUT2D eigenvalue weighted by Crippen LogP contribution is -2.57. The van der Waals surface area contributed by atoms with Crippen LogP contribution in [0.3, 0.4) is 0 Å². The third-order valence-corrected chi connectivity index (χ3v) is 3.09. The highest BCUT2D eigenvalue weighted by Crippen LogP contribution is 2.26. The van der Waals surface area contributed by atoms with Gasteiger partial charge in [-0.1, -0.05) is 6.07 Å². The first-order valence-electron chi connectivity index (χ1n) is 6.07. The summed E-state index contributed by atoms with van der Waals surface area (Å²) < 4.78 is 0. The van der Waals surface area contributed by atoms with E-state index in [9.17, 15) is 14.7 Å². The number of aromatic nitrogens is 1. The highest BCUT2D eigenvalue weighted by Gasteiger charge is 2.40. The van der Waals surface area contributed by atoms with Crippen molar-refractivity contribution in [2.45, 2.75) is 38.8 Å². The summed E-state index contributed by atoms with van der Waals surface area (Å²) in [6.45, 7) is 5.31. The molecule has 2 amide bonds. The molecule has 1 aromatic heterocycles. The molecule has 19 heavy (non-hydrogen) atoms. The van der Waals surface area contributed by atoms with Crippen LogP contribution in [0.4, 0.5) is 10.6 Å². The number of carboxylic acid groups (broad SMARTS) is 1. The van der Waals surface area contributed by atoms with E-state index < -0.39 is 17.7 Å². The number of nitrogens with zero attached hydrogens (tertiary/aromatic N) is 2. The van der Waals surface area contributed by atoms with Crippen molar-refractivity contribution in [2.24, 2.45) is 0 Å². The molecule has 1 aliphatic heterocycles. The van der Waals surface area contributed by atoms with Crippen molar-refractivity contribution in [3.05, 3.63) is 23.9 Å². The largest absolute Gasteiger partial charge is 0.465 e. The number of hydrogen-bond acceptors (Lipinski definition) is 3. The minimum absolute atomic E-state index is 0.330. The van der Waals surface area contributed by atoms with Gasteiger partial charge in [0, 0.05) is 18.2 Å². The molecule has 0 aromatic carbocycles. The average Bonchev–Trinajstić information content (AvgIpc) is 2.27. The molecule has 0 spiro atoms. The third kappa shape index (κ3) is 2.52. The van der Waals surface area contributed by atoms with Crippen LogP contribution >= 0.6 is 0 Å². The number of rotatable bonds is 1. The molecule has 6 nitrogen and oxygen atoms in total. The van der Waals surface area contributed by atoms with Crippen LogP contribution in [0, 0.1) is 0 Å². The van der Waals surface area contributed by atoms with Gasteiger partial charge in [0.15, 0.2) is 0 Å². The summed E-state index contributed by atoms with van der Waals surface area (Å²) >= 11 is 0. The number of amides is 2. The van der Waals surface area contributed by atoms with Gasteiger partial charge in [0.2, 0.25) is 5.91 Å². The number of carbonyl (C=O) groups is 2. The molecule has 2 N–H and O–H groups in total. The topological polar surface area (TPSA) is 82.5 Å². The van der Waals surface area contributed by atoms with Gasteiger partial charge in [0.1, 0.15) is 11.9 Å². The van der Waals surface area contributed by atoms with Gasteiger partial charge in [-0.3, -0.25) is 9.69 Å². The minimum atomic E-state index is -1.10. The van der Waals surface area contributed by atoms with Crippen molar-refractivity contribution in [2.75, 3.05) is 5.32 Å². The van der Waals surface area contributed by atoms with Gasteiger partial charge in [-0.2, -0.15) is 0 Å². The van der Waals surface area contributed by atoms with Crippen molar-refractivity contribution >= 4 is 17.8 Å². The van der Waals surface area contributed by atoms with Crippen molar-refractivity contribution in [3.63, 3.8) is 0 Å². The maximum absolute atomic E-state index is 12.1.